The molecule has 0 unspecified atom stereocenters. The standard InChI is InChI=1S/C19H18N2O/c1-13-10-14(2)19(15(3)11-13)21(20-22)18-9-8-16-6-4-5-7-17(16)12-18/h4-12H,1-3H3. The SMILES string of the molecule is Cc1cc(C)c(N(N=O)c2ccc3ccccc3c2)c(C)c1. The molecule has 0 saturated carbocycles. The van der Waals surface area contributed by atoms with E-state index in [9.17, 15) is 4.91 Å². The highest BCUT2D eigenvalue weighted by atomic mass is 16.3. The highest BCUT2D eigenvalue weighted by molar-refractivity contribution is 5.87. The zero-order valence-electron chi connectivity index (χ0n) is 13.0. The van der Waals surface area contributed by atoms with Gasteiger partial charge in [0.15, 0.2) is 0 Å². The molecule has 0 aliphatic carbocycles. The van der Waals surface area contributed by atoms with Gasteiger partial charge in [-0.2, -0.15) is 5.01 Å². The van der Waals surface area contributed by atoms with Crippen molar-refractivity contribution < 1.29 is 0 Å². The molecule has 0 heterocycles. The fraction of sp³-hybridized carbons (Fsp3) is 0.158. The Hall–Kier alpha value is -2.68. The van der Waals surface area contributed by atoms with Crippen molar-refractivity contribution in [1.29, 1.82) is 0 Å². The van der Waals surface area contributed by atoms with Gasteiger partial charge in [-0.1, -0.05) is 48.0 Å². The molecule has 0 radical (unpaired) electrons. The smallest absolute Gasteiger partial charge is 0.0743 e. The number of hydrogen-bond acceptors (Lipinski definition) is 2. The van der Waals surface area contributed by atoms with E-state index in [0.717, 1.165) is 33.3 Å². The first kappa shape index (κ1) is 14.3. The van der Waals surface area contributed by atoms with Crippen molar-refractivity contribution in [3.05, 3.63) is 76.2 Å². The lowest BCUT2D eigenvalue weighted by Gasteiger charge is -2.21. The lowest BCUT2D eigenvalue weighted by atomic mass is 10.0. The van der Waals surface area contributed by atoms with E-state index in [1.807, 2.05) is 50.2 Å². The molecule has 3 nitrogen and oxygen atoms in total. The normalized spacial score (nSPS) is 10.7. The Labute approximate surface area is 130 Å². The summed E-state index contributed by atoms with van der Waals surface area (Å²) in [6.45, 7) is 6.07. The van der Waals surface area contributed by atoms with E-state index in [0.29, 0.717) is 0 Å². The molecule has 0 aromatic heterocycles. The molecule has 3 aromatic carbocycles. The number of nitrogens with zero attached hydrogens (tertiary/aromatic N) is 2. The van der Waals surface area contributed by atoms with Crippen LogP contribution in [0.3, 0.4) is 0 Å². The number of hydrogen-bond donors (Lipinski definition) is 0. The maximum Gasteiger partial charge on any atom is 0.0743 e. The summed E-state index contributed by atoms with van der Waals surface area (Å²) in [6, 6.07) is 18.2. The van der Waals surface area contributed by atoms with E-state index in [4.69, 9.17) is 0 Å². The van der Waals surface area contributed by atoms with Crippen molar-refractivity contribution in [3.63, 3.8) is 0 Å². The van der Waals surface area contributed by atoms with Crippen LogP contribution in [0, 0.1) is 25.7 Å². The van der Waals surface area contributed by atoms with Crippen LogP contribution in [0.25, 0.3) is 10.8 Å². The Bertz CT molecular complexity index is 832. The predicted octanol–water partition coefficient (Wildman–Crippen LogP) is 5.58. The molecule has 22 heavy (non-hydrogen) atoms. The third-order valence-corrected chi connectivity index (χ3v) is 3.91. The minimum atomic E-state index is 0.781. The number of anilines is 2. The first-order chi connectivity index (χ1) is 10.6. The fourth-order valence-electron chi connectivity index (χ4n) is 3.03. The number of nitroso groups, excluding NO2 is 1. The molecule has 3 rings (SSSR count). The summed E-state index contributed by atoms with van der Waals surface area (Å²) in [5.41, 5.74) is 4.92. The summed E-state index contributed by atoms with van der Waals surface area (Å²) >= 11 is 0. The van der Waals surface area contributed by atoms with Gasteiger partial charge in [-0.05, 0) is 54.8 Å². The average molecular weight is 290 g/mol. The molecular weight excluding hydrogens is 272 g/mol. The van der Waals surface area contributed by atoms with Crippen LogP contribution < -0.4 is 5.01 Å². The zero-order valence-corrected chi connectivity index (χ0v) is 13.0. The van der Waals surface area contributed by atoms with Crippen LogP contribution in [0.2, 0.25) is 0 Å². The minimum Gasteiger partial charge on any atom is -0.197 e. The van der Waals surface area contributed by atoms with Gasteiger partial charge in [0.25, 0.3) is 0 Å². The fourth-order valence-corrected chi connectivity index (χ4v) is 3.03. The summed E-state index contributed by atoms with van der Waals surface area (Å²) in [7, 11) is 0. The van der Waals surface area contributed by atoms with Gasteiger partial charge in [-0.15, -0.1) is 4.91 Å². The highest BCUT2D eigenvalue weighted by Crippen LogP contribution is 2.34. The number of benzene rings is 3. The van der Waals surface area contributed by atoms with Gasteiger partial charge in [-0.3, -0.25) is 0 Å². The number of fused-ring (bicyclic) bond motifs is 1. The molecule has 3 heteroatoms. The van der Waals surface area contributed by atoms with Gasteiger partial charge in [-0.25, -0.2) is 0 Å². The third-order valence-electron chi connectivity index (χ3n) is 3.91. The molecule has 0 spiro atoms. The van der Waals surface area contributed by atoms with E-state index in [2.05, 4.69) is 30.4 Å². The summed E-state index contributed by atoms with van der Waals surface area (Å²) in [5.74, 6) is 0. The molecule has 0 atom stereocenters. The van der Waals surface area contributed by atoms with Crippen LogP contribution in [-0.4, -0.2) is 0 Å². The Morgan fingerprint density at radius 2 is 1.45 bits per heavy atom. The molecule has 3 aromatic rings. The zero-order chi connectivity index (χ0) is 15.7. The lowest BCUT2D eigenvalue weighted by Crippen LogP contribution is -2.11. The van der Waals surface area contributed by atoms with Crippen LogP contribution >= 0.6 is 0 Å². The van der Waals surface area contributed by atoms with Gasteiger partial charge in [0.1, 0.15) is 0 Å². The largest absolute Gasteiger partial charge is 0.197 e. The topological polar surface area (TPSA) is 32.7 Å². The van der Waals surface area contributed by atoms with E-state index < -0.39 is 0 Å². The van der Waals surface area contributed by atoms with Crippen molar-refractivity contribution in [2.24, 2.45) is 5.29 Å². The number of aryl methyl sites for hydroxylation is 3. The third kappa shape index (κ3) is 2.46. The van der Waals surface area contributed by atoms with Crippen LogP contribution in [0.5, 0.6) is 0 Å². The number of rotatable bonds is 3. The lowest BCUT2D eigenvalue weighted by molar-refractivity contribution is 1.05. The van der Waals surface area contributed by atoms with E-state index >= 15 is 0 Å². The van der Waals surface area contributed by atoms with Gasteiger partial charge in [0.05, 0.1) is 16.7 Å². The first-order valence-corrected chi connectivity index (χ1v) is 7.30. The quantitative estimate of drug-likeness (QED) is 0.465. The second-order valence-electron chi connectivity index (χ2n) is 5.67. The Kier molecular flexibility index (Phi) is 3.63. The van der Waals surface area contributed by atoms with E-state index in [-0.39, 0.29) is 0 Å². The Balaban J connectivity index is 2.16. The molecule has 0 aliphatic heterocycles. The maximum absolute atomic E-state index is 11.5. The van der Waals surface area contributed by atoms with E-state index in [1.165, 1.54) is 10.6 Å². The van der Waals surface area contributed by atoms with Crippen LogP contribution in [0.4, 0.5) is 11.4 Å². The molecule has 0 N–H and O–H groups in total. The minimum absolute atomic E-state index is 0.781. The van der Waals surface area contributed by atoms with Crippen LogP contribution in [0.15, 0.2) is 59.9 Å². The van der Waals surface area contributed by atoms with Crippen molar-refractivity contribution in [1.82, 2.24) is 0 Å². The molecule has 110 valence electrons. The van der Waals surface area contributed by atoms with Crippen LogP contribution in [-0.2, 0) is 0 Å². The first-order valence-electron chi connectivity index (χ1n) is 7.30. The summed E-state index contributed by atoms with van der Waals surface area (Å²) < 4.78 is 0. The highest BCUT2D eigenvalue weighted by Gasteiger charge is 2.16. The average Bonchev–Trinajstić information content (AvgIpc) is 2.50. The molecule has 0 aliphatic rings. The molecule has 0 amide bonds. The monoisotopic (exact) mass is 290 g/mol. The molecule has 0 saturated heterocycles. The van der Waals surface area contributed by atoms with Crippen molar-refractivity contribution in [2.75, 3.05) is 5.01 Å². The second-order valence-corrected chi connectivity index (χ2v) is 5.67. The van der Waals surface area contributed by atoms with Gasteiger partial charge >= 0.3 is 0 Å². The van der Waals surface area contributed by atoms with Crippen molar-refractivity contribution in [3.8, 4) is 0 Å². The van der Waals surface area contributed by atoms with Crippen LogP contribution in [0.1, 0.15) is 16.7 Å². The van der Waals surface area contributed by atoms with Gasteiger partial charge in [0.2, 0.25) is 0 Å². The Morgan fingerprint density at radius 1 is 0.818 bits per heavy atom. The van der Waals surface area contributed by atoms with Crippen molar-refractivity contribution in [2.45, 2.75) is 20.8 Å². The second kappa shape index (κ2) is 5.60. The molecule has 0 fully saturated rings. The summed E-state index contributed by atoms with van der Waals surface area (Å²) in [6.07, 6.45) is 0. The Morgan fingerprint density at radius 3 is 2.09 bits per heavy atom. The summed E-state index contributed by atoms with van der Waals surface area (Å²) in [4.78, 5) is 11.5. The molecular formula is C19H18N2O. The van der Waals surface area contributed by atoms with Crippen molar-refractivity contribution >= 4 is 22.1 Å². The van der Waals surface area contributed by atoms with Gasteiger partial charge < -0.3 is 0 Å². The maximum atomic E-state index is 11.5. The van der Waals surface area contributed by atoms with Gasteiger partial charge in [0, 0.05) is 0 Å². The van der Waals surface area contributed by atoms with E-state index in [1.54, 1.807) is 0 Å². The molecule has 0 bridgehead atoms. The summed E-state index contributed by atoms with van der Waals surface area (Å²) in [5, 5.41) is 6.99. The predicted molar refractivity (Wildman–Crippen MR) is 92.5 cm³/mol.